The number of benzene rings is 2. The van der Waals surface area contributed by atoms with Crippen LogP contribution in [0.1, 0.15) is 11.3 Å². The van der Waals surface area contributed by atoms with Crippen LogP contribution in [0.25, 0.3) is 23.2 Å². The fraction of sp³-hybridized carbons (Fsp3) is 0. The Labute approximate surface area is 116 Å². The van der Waals surface area contributed by atoms with Crippen LogP contribution in [0.4, 0.5) is 0 Å². The first-order valence-electron chi connectivity index (χ1n) is 5.97. The summed E-state index contributed by atoms with van der Waals surface area (Å²) in [7, 11) is 0. The van der Waals surface area contributed by atoms with Gasteiger partial charge in [-0.1, -0.05) is 41.9 Å². The first-order chi connectivity index (χ1) is 9.31. The predicted octanol–water partition coefficient (Wildman–Crippen LogP) is 4.45. The van der Waals surface area contributed by atoms with Gasteiger partial charge in [0.25, 0.3) is 0 Å². The van der Waals surface area contributed by atoms with Gasteiger partial charge in [0.15, 0.2) is 0 Å². The summed E-state index contributed by atoms with van der Waals surface area (Å²) in [5, 5.41) is 0.739. The maximum atomic E-state index is 5.85. The number of hydrogen-bond donors (Lipinski definition) is 0. The van der Waals surface area contributed by atoms with Gasteiger partial charge in [-0.2, -0.15) is 0 Å². The molecule has 0 radical (unpaired) electrons. The fourth-order valence-electron chi connectivity index (χ4n) is 1.81. The number of aromatic nitrogens is 2. The van der Waals surface area contributed by atoms with E-state index < -0.39 is 0 Å². The van der Waals surface area contributed by atoms with Crippen molar-refractivity contribution in [3.05, 3.63) is 71.0 Å². The van der Waals surface area contributed by atoms with Gasteiger partial charge in [-0.15, -0.1) is 0 Å². The van der Waals surface area contributed by atoms with Crippen molar-refractivity contribution in [1.82, 2.24) is 9.97 Å². The molecule has 3 heteroatoms. The Kier molecular flexibility index (Phi) is 3.25. The van der Waals surface area contributed by atoms with Crippen LogP contribution in [0.5, 0.6) is 0 Å². The normalized spacial score (nSPS) is 11.2. The number of rotatable bonds is 2. The van der Waals surface area contributed by atoms with Crippen molar-refractivity contribution in [2.75, 3.05) is 0 Å². The summed E-state index contributed by atoms with van der Waals surface area (Å²) in [6, 6.07) is 15.5. The molecule has 0 aliphatic rings. The summed E-state index contributed by atoms with van der Waals surface area (Å²) in [4.78, 5) is 8.91. The second-order valence-corrected chi connectivity index (χ2v) is 4.60. The van der Waals surface area contributed by atoms with Crippen molar-refractivity contribution in [2.45, 2.75) is 0 Å². The highest BCUT2D eigenvalue weighted by Gasteiger charge is 1.96. The maximum absolute atomic E-state index is 5.85. The molecule has 0 N–H and O–H groups in total. The zero-order valence-electron chi connectivity index (χ0n) is 10.1. The summed E-state index contributed by atoms with van der Waals surface area (Å²) in [5.74, 6) is 0. The first-order valence-corrected chi connectivity index (χ1v) is 6.34. The van der Waals surface area contributed by atoms with Crippen LogP contribution in [0.3, 0.4) is 0 Å². The third-order valence-corrected chi connectivity index (χ3v) is 3.04. The van der Waals surface area contributed by atoms with Gasteiger partial charge in [0.05, 0.1) is 22.9 Å². The van der Waals surface area contributed by atoms with E-state index in [-0.39, 0.29) is 0 Å². The minimum atomic E-state index is 0.739. The smallest absolute Gasteiger partial charge is 0.0894 e. The van der Waals surface area contributed by atoms with Crippen LogP contribution in [0, 0.1) is 0 Å². The van der Waals surface area contributed by atoms with Gasteiger partial charge in [0.1, 0.15) is 0 Å². The lowest BCUT2D eigenvalue weighted by molar-refractivity contribution is 1.27. The predicted molar refractivity (Wildman–Crippen MR) is 79.9 cm³/mol. The van der Waals surface area contributed by atoms with Crippen molar-refractivity contribution in [3.63, 3.8) is 0 Å². The van der Waals surface area contributed by atoms with E-state index in [2.05, 4.69) is 9.97 Å². The van der Waals surface area contributed by atoms with Gasteiger partial charge in [0, 0.05) is 5.02 Å². The quantitative estimate of drug-likeness (QED) is 0.685. The van der Waals surface area contributed by atoms with Gasteiger partial charge in [-0.3, -0.25) is 4.98 Å². The van der Waals surface area contributed by atoms with Crippen molar-refractivity contribution < 1.29 is 0 Å². The van der Waals surface area contributed by atoms with Crippen molar-refractivity contribution in [1.29, 1.82) is 0 Å². The molecule has 19 heavy (non-hydrogen) atoms. The molecule has 0 amide bonds. The van der Waals surface area contributed by atoms with Gasteiger partial charge >= 0.3 is 0 Å². The number of nitrogens with zero attached hydrogens (tertiary/aromatic N) is 2. The molecular weight excluding hydrogens is 256 g/mol. The van der Waals surface area contributed by atoms with Crippen LogP contribution in [0.2, 0.25) is 5.02 Å². The first kappa shape index (κ1) is 11.9. The molecule has 0 bridgehead atoms. The van der Waals surface area contributed by atoms with Crippen LogP contribution < -0.4 is 0 Å². The molecule has 1 aromatic heterocycles. The molecule has 2 nitrogen and oxygen atoms in total. The standard InChI is InChI=1S/C16H11ClN2/c17-13-8-5-12(6-9-13)7-10-14-11-18-15-3-1-2-4-16(15)19-14/h1-11H. The summed E-state index contributed by atoms with van der Waals surface area (Å²) in [6.07, 6.45) is 5.71. The van der Waals surface area contributed by atoms with Gasteiger partial charge in [-0.05, 0) is 35.9 Å². The van der Waals surface area contributed by atoms with E-state index in [0.29, 0.717) is 0 Å². The van der Waals surface area contributed by atoms with E-state index in [1.165, 1.54) is 0 Å². The molecule has 0 spiro atoms. The molecule has 0 unspecified atom stereocenters. The number of halogens is 1. The van der Waals surface area contributed by atoms with Crippen molar-refractivity contribution >= 4 is 34.8 Å². The Hall–Kier alpha value is -2.19. The molecule has 0 aliphatic heterocycles. The summed E-state index contributed by atoms with van der Waals surface area (Å²) < 4.78 is 0. The molecule has 0 saturated heterocycles. The van der Waals surface area contributed by atoms with Crippen LogP contribution in [-0.4, -0.2) is 9.97 Å². The number of para-hydroxylation sites is 2. The Morgan fingerprint density at radius 2 is 1.58 bits per heavy atom. The molecule has 3 rings (SSSR count). The maximum Gasteiger partial charge on any atom is 0.0894 e. The van der Waals surface area contributed by atoms with Gasteiger partial charge in [-0.25, -0.2) is 4.98 Å². The molecule has 3 aromatic rings. The topological polar surface area (TPSA) is 25.8 Å². The lowest BCUT2D eigenvalue weighted by atomic mass is 10.2. The Morgan fingerprint density at radius 3 is 2.37 bits per heavy atom. The average molecular weight is 267 g/mol. The van der Waals surface area contributed by atoms with Gasteiger partial charge in [0.2, 0.25) is 0 Å². The molecule has 2 aromatic carbocycles. The molecule has 0 atom stereocenters. The van der Waals surface area contributed by atoms with E-state index in [4.69, 9.17) is 11.6 Å². The van der Waals surface area contributed by atoms with E-state index in [0.717, 1.165) is 27.3 Å². The third kappa shape index (κ3) is 2.80. The third-order valence-electron chi connectivity index (χ3n) is 2.78. The lowest BCUT2D eigenvalue weighted by Gasteiger charge is -1.98. The largest absolute Gasteiger partial charge is 0.252 e. The van der Waals surface area contributed by atoms with Crippen LogP contribution >= 0.6 is 11.6 Å². The Balaban J connectivity index is 1.90. The SMILES string of the molecule is Clc1ccc(C=Cc2cnc3ccccc3n2)cc1. The monoisotopic (exact) mass is 266 g/mol. The minimum Gasteiger partial charge on any atom is -0.252 e. The summed E-state index contributed by atoms with van der Waals surface area (Å²) in [6.45, 7) is 0. The minimum absolute atomic E-state index is 0.739. The van der Waals surface area contributed by atoms with Crippen molar-refractivity contribution in [3.8, 4) is 0 Å². The number of fused-ring (bicyclic) bond motifs is 1. The Bertz CT molecular complexity index is 733. The van der Waals surface area contributed by atoms with Crippen molar-refractivity contribution in [2.24, 2.45) is 0 Å². The summed E-state index contributed by atoms with van der Waals surface area (Å²) in [5.41, 5.74) is 3.74. The Morgan fingerprint density at radius 1 is 0.842 bits per heavy atom. The molecular formula is C16H11ClN2. The second-order valence-electron chi connectivity index (χ2n) is 4.17. The zero-order valence-corrected chi connectivity index (χ0v) is 10.9. The molecule has 0 aliphatic carbocycles. The fourth-order valence-corrected chi connectivity index (χ4v) is 1.93. The zero-order chi connectivity index (χ0) is 13.1. The number of hydrogen-bond acceptors (Lipinski definition) is 2. The van der Waals surface area contributed by atoms with Gasteiger partial charge < -0.3 is 0 Å². The molecule has 92 valence electrons. The van der Waals surface area contributed by atoms with E-state index in [1.807, 2.05) is 60.7 Å². The van der Waals surface area contributed by atoms with E-state index in [1.54, 1.807) is 6.20 Å². The molecule has 0 fully saturated rings. The highest BCUT2D eigenvalue weighted by molar-refractivity contribution is 6.30. The highest BCUT2D eigenvalue weighted by Crippen LogP contribution is 2.13. The van der Waals surface area contributed by atoms with E-state index in [9.17, 15) is 0 Å². The molecule has 1 heterocycles. The summed E-state index contributed by atoms with van der Waals surface area (Å²) >= 11 is 5.85. The van der Waals surface area contributed by atoms with Crippen LogP contribution in [0.15, 0.2) is 54.7 Å². The van der Waals surface area contributed by atoms with E-state index >= 15 is 0 Å². The highest BCUT2D eigenvalue weighted by atomic mass is 35.5. The average Bonchev–Trinajstić information content (AvgIpc) is 2.46. The lowest BCUT2D eigenvalue weighted by Crippen LogP contribution is -1.86. The molecule has 0 saturated carbocycles. The second kappa shape index (κ2) is 5.21. The van der Waals surface area contributed by atoms with Crippen LogP contribution in [-0.2, 0) is 0 Å².